The molecule has 0 aromatic carbocycles. The van der Waals surface area contributed by atoms with Crippen LogP contribution in [0.2, 0.25) is 0 Å². The van der Waals surface area contributed by atoms with E-state index in [0.717, 1.165) is 25.7 Å². The van der Waals surface area contributed by atoms with Crippen molar-refractivity contribution in [1.82, 2.24) is 5.32 Å². The van der Waals surface area contributed by atoms with Gasteiger partial charge in [0.05, 0.1) is 6.04 Å². The number of aldehydes is 1. The van der Waals surface area contributed by atoms with Gasteiger partial charge in [0.25, 0.3) is 0 Å². The topological polar surface area (TPSA) is 29.1 Å². The van der Waals surface area contributed by atoms with Gasteiger partial charge in [-0.3, -0.25) is 0 Å². The van der Waals surface area contributed by atoms with Gasteiger partial charge in [0.1, 0.15) is 6.29 Å². The van der Waals surface area contributed by atoms with Crippen LogP contribution in [0.5, 0.6) is 0 Å². The number of carbonyl (C=O) groups is 1. The van der Waals surface area contributed by atoms with Crippen LogP contribution in [-0.4, -0.2) is 18.9 Å². The smallest absolute Gasteiger partial charge is 0.136 e. The zero-order valence-corrected chi connectivity index (χ0v) is 11.2. The Morgan fingerprint density at radius 2 is 1.60 bits per heavy atom. The maximum atomic E-state index is 10.5. The lowest BCUT2D eigenvalue weighted by atomic mass is 10.1. The van der Waals surface area contributed by atoms with Crippen molar-refractivity contribution < 1.29 is 4.79 Å². The first-order valence-electron chi connectivity index (χ1n) is 6.30. The first kappa shape index (κ1) is 17.0. The Bertz CT molecular complexity index is 122. The summed E-state index contributed by atoms with van der Waals surface area (Å²) in [5.41, 5.74) is 0. The van der Waals surface area contributed by atoms with E-state index < -0.39 is 0 Å². The van der Waals surface area contributed by atoms with Crippen LogP contribution in [0, 0.1) is 5.92 Å². The molecule has 92 valence electrons. The van der Waals surface area contributed by atoms with Crippen LogP contribution in [0.4, 0.5) is 0 Å². The highest BCUT2D eigenvalue weighted by molar-refractivity contribution is 5.57. The Morgan fingerprint density at radius 3 is 1.87 bits per heavy atom. The van der Waals surface area contributed by atoms with Crippen molar-refractivity contribution in [2.75, 3.05) is 6.54 Å². The minimum Gasteiger partial charge on any atom is -0.308 e. The predicted molar refractivity (Wildman–Crippen MR) is 68.2 cm³/mol. The highest BCUT2D eigenvalue weighted by Gasteiger charge is 2.06. The number of unbranched alkanes of at least 4 members (excludes halogenated alkanes) is 1. The van der Waals surface area contributed by atoms with Crippen LogP contribution in [0.25, 0.3) is 0 Å². The van der Waals surface area contributed by atoms with Crippen molar-refractivity contribution in [1.29, 1.82) is 0 Å². The number of rotatable bonds is 7. The van der Waals surface area contributed by atoms with Gasteiger partial charge in [-0.25, -0.2) is 0 Å². The van der Waals surface area contributed by atoms with Gasteiger partial charge in [-0.05, 0) is 25.3 Å². The van der Waals surface area contributed by atoms with E-state index in [4.69, 9.17) is 0 Å². The van der Waals surface area contributed by atoms with Gasteiger partial charge in [0, 0.05) is 0 Å². The molecule has 1 N–H and O–H groups in total. The monoisotopic (exact) mass is 215 g/mol. The molecule has 0 radical (unpaired) electrons. The van der Waals surface area contributed by atoms with E-state index in [1.807, 2.05) is 0 Å². The van der Waals surface area contributed by atoms with Crippen LogP contribution in [0.1, 0.15) is 60.3 Å². The Kier molecular flexibility index (Phi) is 15.5. The second-order valence-electron chi connectivity index (χ2n) is 4.33. The van der Waals surface area contributed by atoms with Gasteiger partial charge in [-0.2, -0.15) is 0 Å². The zero-order valence-electron chi connectivity index (χ0n) is 11.2. The fraction of sp³-hybridized carbons (Fsp3) is 0.923. The maximum absolute atomic E-state index is 10.5. The van der Waals surface area contributed by atoms with E-state index in [0.29, 0.717) is 5.92 Å². The van der Waals surface area contributed by atoms with E-state index >= 15 is 0 Å². The number of hydrogen-bond donors (Lipinski definition) is 1. The van der Waals surface area contributed by atoms with E-state index in [9.17, 15) is 4.79 Å². The Morgan fingerprint density at radius 1 is 1.07 bits per heavy atom. The summed E-state index contributed by atoms with van der Waals surface area (Å²) in [6, 6.07) is 0.0648. The predicted octanol–water partition coefficient (Wildman–Crippen LogP) is 3.41. The summed E-state index contributed by atoms with van der Waals surface area (Å²) in [6.07, 6.45) is 5.68. The van der Waals surface area contributed by atoms with Crippen LogP contribution in [0.15, 0.2) is 0 Å². The average Bonchev–Trinajstić information content (AvgIpc) is 2.24. The highest BCUT2D eigenvalue weighted by Crippen LogP contribution is 2.02. The van der Waals surface area contributed by atoms with Crippen molar-refractivity contribution in [3.63, 3.8) is 0 Å². The van der Waals surface area contributed by atoms with Crippen LogP contribution >= 0.6 is 0 Å². The lowest BCUT2D eigenvalue weighted by molar-refractivity contribution is -0.109. The summed E-state index contributed by atoms with van der Waals surface area (Å²) in [7, 11) is 0. The van der Waals surface area contributed by atoms with E-state index in [1.165, 1.54) is 12.8 Å². The molecule has 0 fully saturated rings. The molecule has 0 amide bonds. The molecule has 2 nitrogen and oxygen atoms in total. The molecule has 15 heavy (non-hydrogen) atoms. The van der Waals surface area contributed by atoms with Gasteiger partial charge in [0.15, 0.2) is 0 Å². The van der Waals surface area contributed by atoms with Crippen molar-refractivity contribution in [2.45, 2.75) is 66.3 Å². The summed E-state index contributed by atoms with van der Waals surface area (Å²) in [4.78, 5) is 10.5. The first-order valence-corrected chi connectivity index (χ1v) is 6.30. The second-order valence-corrected chi connectivity index (χ2v) is 4.33. The maximum Gasteiger partial charge on any atom is 0.136 e. The summed E-state index contributed by atoms with van der Waals surface area (Å²) in [5, 5.41) is 3.18. The Balaban J connectivity index is 0. The lowest BCUT2D eigenvalue weighted by Gasteiger charge is -2.13. The van der Waals surface area contributed by atoms with Gasteiger partial charge >= 0.3 is 0 Å². The molecule has 2 heteroatoms. The molecule has 0 saturated carbocycles. The molecule has 0 heterocycles. The minimum atomic E-state index is 0.0648. The van der Waals surface area contributed by atoms with E-state index in [2.05, 4.69) is 39.9 Å². The minimum absolute atomic E-state index is 0.0648. The summed E-state index contributed by atoms with van der Waals surface area (Å²) in [6.45, 7) is 11.7. The molecule has 0 aromatic rings. The van der Waals surface area contributed by atoms with Gasteiger partial charge < -0.3 is 10.1 Å². The Labute approximate surface area is 95.8 Å². The number of nitrogens with one attached hydrogen (secondary N) is 1. The third kappa shape index (κ3) is 16.3. The van der Waals surface area contributed by atoms with E-state index in [-0.39, 0.29) is 6.04 Å². The molecule has 0 aliphatic rings. The van der Waals surface area contributed by atoms with Gasteiger partial charge in [0.2, 0.25) is 0 Å². The summed E-state index contributed by atoms with van der Waals surface area (Å²) >= 11 is 0. The molecule has 0 aliphatic heterocycles. The van der Waals surface area contributed by atoms with Crippen LogP contribution in [-0.2, 0) is 4.79 Å². The molecule has 0 spiro atoms. The third-order valence-corrected chi connectivity index (χ3v) is 2.05. The molecule has 0 rings (SSSR count). The van der Waals surface area contributed by atoms with Gasteiger partial charge in [-0.1, -0.05) is 47.5 Å². The Hall–Kier alpha value is -0.370. The molecule has 1 atom stereocenters. The first-order chi connectivity index (χ1) is 7.12. The van der Waals surface area contributed by atoms with Crippen LogP contribution in [0.3, 0.4) is 0 Å². The fourth-order valence-corrected chi connectivity index (χ4v) is 1.02. The van der Waals surface area contributed by atoms with Gasteiger partial charge in [-0.15, -0.1) is 0 Å². The molecule has 0 aromatic heterocycles. The second kappa shape index (κ2) is 13.6. The van der Waals surface area contributed by atoms with Crippen molar-refractivity contribution in [3.05, 3.63) is 0 Å². The molecule has 0 saturated heterocycles. The molecule has 0 unspecified atom stereocenters. The van der Waals surface area contributed by atoms with Crippen molar-refractivity contribution in [3.8, 4) is 0 Å². The quantitative estimate of drug-likeness (QED) is 0.659. The van der Waals surface area contributed by atoms with Crippen molar-refractivity contribution in [2.24, 2.45) is 5.92 Å². The molecule has 0 bridgehead atoms. The molecular formula is C13H29NO. The fourth-order valence-electron chi connectivity index (χ4n) is 1.02. The van der Waals surface area contributed by atoms with E-state index in [1.54, 1.807) is 0 Å². The number of hydrogen-bond acceptors (Lipinski definition) is 2. The SMILES string of the molecule is CCCC.CCCN[C@@H](C=O)CC(C)C. The summed E-state index contributed by atoms with van der Waals surface area (Å²) in [5.74, 6) is 0.592. The zero-order chi connectivity index (χ0) is 12.1. The average molecular weight is 215 g/mol. The largest absolute Gasteiger partial charge is 0.308 e. The van der Waals surface area contributed by atoms with Crippen molar-refractivity contribution >= 4 is 6.29 Å². The molecule has 0 aliphatic carbocycles. The summed E-state index contributed by atoms with van der Waals surface area (Å²) < 4.78 is 0. The third-order valence-electron chi connectivity index (χ3n) is 2.05. The standard InChI is InChI=1S/C9H19NO.C4H10/c1-4-5-10-9(7-11)6-8(2)3;1-3-4-2/h7-10H,4-6H2,1-3H3;3-4H2,1-2H3/t9-;/m1./s1. The molecular weight excluding hydrogens is 186 g/mol. The lowest BCUT2D eigenvalue weighted by Crippen LogP contribution is -2.32. The highest BCUT2D eigenvalue weighted by atomic mass is 16.1. The number of carbonyl (C=O) groups excluding carboxylic acids is 1. The normalized spacial score (nSPS) is 11.9. The van der Waals surface area contributed by atoms with Crippen LogP contribution < -0.4 is 5.32 Å².